The smallest absolute Gasteiger partial charge is 0.267 e. The van der Waals surface area contributed by atoms with E-state index in [9.17, 15) is 9.18 Å². The van der Waals surface area contributed by atoms with Crippen LogP contribution in [-0.4, -0.2) is 65.0 Å². The number of carbonyl (C=O) groups excluding carboxylic acids is 1. The summed E-state index contributed by atoms with van der Waals surface area (Å²) in [5.41, 5.74) is 1.02. The zero-order valence-corrected chi connectivity index (χ0v) is 15.6. The number of anilines is 1. The summed E-state index contributed by atoms with van der Waals surface area (Å²) in [6.45, 7) is 5.21. The summed E-state index contributed by atoms with van der Waals surface area (Å²) >= 11 is 0. The minimum Gasteiger partial charge on any atom is -0.351 e. The molecule has 1 amide bonds. The third-order valence-corrected chi connectivity index (χ3v) is 5.00. The maximum absolute atomic E-state index is 13.7. The Balaban J connectivity index is 1.20. The third-order valence-electron chi connectivity index (χ3n) is 5.00. The average Bonchev–Trinajstić information content (AvgIpc) is 3.18. The molecule has 7 nitrogen and oxygen atoms in total. The SMILES string of the molecule is O=C(NCCCN1CCN(c2ncccn2)CC1)c1cc2c(F)cccc2[nH]1. The predicted octanol–water partition coefficient (Wildman–Crippen LogP) is 2.04. The van der Waals surface area contributed by atoms with Crippen LogP contribution in [0, 0.1) is 5.82 Å². The summed E-state index contributed by atoms with van der Waals surface area (Å²) in [6.07, 6.45) is 4.39. The van der Waals surface area contributed by atoms with Crippen molar-refractivity contribution in [1.82, 2.24) is 25.2 Å². The topological polar surface area (TPSA) is 77.2 Å². The number of benzene rings is 1. The van der Waals surface area contributed by atoms with Crippen molar-refractivity contribution < 1.29 is 9.18 Å². The lowest BCUT2D eigenvalue weighted by molar-refractivity contribution is 0.0947. The number of H-pyrrole nitrogens is 1. The Morgan fingerprint density at radius 2 is 1.93 bits per heavy atom. The molecule has 8 heteroatoms. The summed E-state index contributed by atoms with van der Waals surface area (Å²) in [4.78, 5) is 28.4. The van der Waals surface area contributed by atoms with Crippen LogP contribution in [-0.2, 0) is 0 Å². The number of nitrogens with one attached hydrogen (secondary N) is 2. The van der Waals surface area contributed by atoms with Crippen LogP contribution >= 0.6 is 0 Å². The first-order valence-corrected chi connectivity index (χ1v) is 9.50. The van der Waals surface area contributed by atoms with Crippen molar-refractivity contribution in [3.63, 3.8) is 0 Å². The standard InChI is InChI=1S/C20H23FN6O/c21-16-4-1-5-17-15(16)14-18(25-17)19(28)22-8-3-9-26-10-12-27(13-11-26)20-23-6-2-7-24-20/h1-2,4-7,14,25H,3,8-13H2,(H,22,28). The molecule has 2 aromatic heterocycles. The highest BCUT2D eigenvalue weighted by Gasteiger charge is 2.18. The van der Waals surface area contributed by atoms with E-state index in [0.29, 0.717) is 23.1 Å². The Morgan fingerprint density at radius 3 is 2.68 bits per heavy atom. The highest BCUT2D eigenvalue weighted by Crippen LogP contribution is 2.18. The summed E-state index contributed by atoms with van der Waals surface area (Å²) in [5.74, 6) is 0.249. The molecule has 3 heterocycles. The molecule has 1 aliphatic rings. The van der Waals surface area contributed by atoms with Crippen molar-refractivity contribution in [2.75, 3.05) is 44.2 Å². The van der Waals surface area contributed by atoms with Gasteiger partial charge >= 0.3 is 0 Å². The Bertz CT molecular complexity index is 936. The minimum atomic E-state index is -0.326. The van der Waals surface area contributed by atoms with E-state index in [4.69, 9.17) is 0 Å². The molecule has 0 atom stereocenters. The molecule has 0 spiro atoms. The van der Waals surface area contributed by atoms with Gasteiger partial charge in [0.25, 0.3) is 5.91 Å². The highest BCUT2D eigenvalue weighted by atomic mass is 19.1. The van der Waals surface area contributed by atoms with Gasteiger partial charge in [-0.25, -0.2) is 14.4 Å². The quantitative estimate of drug-likeness (QED) is 0.638. The number of hydrogen-bond acceptors (Lipinski definition) is 5. The van der Waals surface area contributed by atoms with Crippen molar-refractivity contribution in [1.29, 1.82) is 0 Å². The third kappa shape index (κ3) is 4.12. The first-order valence-electron chi connectivity index (χ1n) is 9.50. The van der Waals surface area contributed by atoms with Gasteiger partial charge in [0, 0.05) is 56.0 Å². The summed E-state index contributed by atoms with van der Waals surface area (Å²) < 4.78 is 13.7. The van der Waals surface area contributed by atoms with Crippen molar-refractivity contribution in [3.8, 4) is 0 Å². The molecule has 146 valence electrons. The van der Waals surface area contributed by atoms with Crippen molar-refractivity contribution in [2.45, 2.75) is 6.42 Å². The molecule has 2 N–H and O–H groups in total. The van der Waals surface area contributed by atoms with Crippen molar-refractivity contribution in [2.24, 2.45) is 0 Å². The zero-order valence-electron chi connectivity index (χ0n) is 15.6. The lowest BCUT2D eigenvalue weighted by atomic mass is 10.2. The largest absolute Gasteiger partial charge is 0.351 e. The Morgan fingerprint density at radius 1 is 1.14 bits per heavy atom. The van der Waals surface area contributed by atoms with Crippen LogP contribution in [0.15, 0.2) is 42.7 Å². The van der Waals surface area contributed by atoms with Crippen LogP contribution in [0.25, 0.3) is 10.9 Å². The molecule has 1 saturated heterocycles. The van der Waals surface area contributed by atoms with Crippen LogP contribution in [0.2, 0.25) is 0 Å². The van der Waals surface area contributed by atoms with Gasteiger partial charge in [-0.15, -0.1) is 0 Å². The fourth-order valence-corrected chi connectivity index (χ4v) is 3.47. The fraction of sp³-hybridized carbons (Fsp3) is 0.350. The highest BCUT2D eigenvalue weighted by molar-refractivity contribution is 5.98. The molecule has 28 heavy (non-hydrogen) atoms. The average molecular weight is 382 g/mol. The van der Waals surface area contributed by atoms with Gasteiger partial charge in [0.1, 0.15) is 11.5 Å². The maximum Gasteiger partial charge on any atom is 0.267 e. The number of hydrogen-bond donors (Lipinski definition) is 2. The second-order valence-electron chi connectivity index (χ2n) is 6.87. The van der Waals surface area contributed by atoms with E-state index in [-0.39, 0.29) is 11.7 Å². The van der Waals surface area contributed by atoms with E-state index in [1.165, 1.54) is 6.07 Å². The van der Waals surface area contributed by atoms with Crippen LogP contribution < -0.4 is 10.2 Å². The molecule has 1 aromatic carbocycles. The van der Waals surface area contributed by atoms with Gasteiger partial charge in [-0.1, -0.05) is 6.07 Å². The van der Waals surface area contributed by atoms with Crippen molar-refractivity contribution >= 4 is 22.8 Å². The van der Waals surface area contributed by atoms with E-state index in [0.717, 1.165) is 45.1 Å². The Labute approximate surface area is 162 Å². The molecule has 0 bridgehead atoms. The summed E-state index contributed by atoms with van der Waals surface area (Å²) in [7, 11) is 0. The van der Waals surface area contributed by atoms with Crippen molar-refractivity contribution in [3.05, 3.63) is 54.2 Å². The monoisotopic (exact) mass is 382 g/mol. The van der Waals surface area contributed by atoms with Gasteiger partial charge in [0.2, 0.25) is 5.95 Å². The number of piperazine rings is 1. The number of aromatic nitrogens is 3. The number of rotatable bonds is 6. The first kappa shape index (κ1) is 18.4. The molecular weight excluding hydrogens is 359 g/mol. The number of amides is 1. The molecule has 3 aromatic rings. The van der Waals surface area contributed by atoms with E-state index in [2.05, 4.69) is 30.1 Å². The van der Waals surface area contributed by atoms with Crippen LogP contribution in [0.4, 0.5) is 10.3 Å². The van der Waals surface area contributed by atoms with Gasteiger partial charge in [0.05, 0.1) is 0 Å². The maximum atomic E-state index is 13.7. The minimum absolute atomic E-state index is 0.207. The Hall–Kier alpha value is -3.00. The van der Waals surface area contributed by atoms with Crippen LogP contribution in [0.3, 0.4) is 0 Å². The van der Waals surface area contributed by atoms with E-state index >= 15 is 0 Å². The number of nitrogens with zero attached hydrogens (tertiary/aromatic N) is 4. The zero-order chi connectivity index (χ0) is 19.3. The fourth-order valence-electron chi connectivity index (χ4n) is 3.47. The summed E-state index contributed by atoms with van der Waals surface area (Å²) in [6, 6.07) is 8.15. The molecule has 1 fully saturated rings. The number of aromatic amines is 1. The van der Waals surface area contributed by atoms with Gasteiger partial charge in [-0.3, -0.25) is 9.69 Å². The van der Waals surface area contributed by atoms with Gasteiger partial charge in [-0.2, -0.15) is 0 Å². The molecule has 0 unspecified atom stereocenters. The first-order chi connectivity index (χ1) is 13.7. The van der Waals surface area contributed by atoms with E-state index in [1.807, 2.05) is 6.07 Å². The molecule has 0 aliphatic carbocycles. The normalized spacial score (nSPS) is 15.1. The van der Waals surface area contributed by atoms with Crippen LogP contribution in [0.5, 0.6) is 0 Å². The molecule has 4 rings (SSSR count). The second kappa shape index (κ2) is 8.35. The molecule has 0 saturated carbocycles. The molecule has 0 radical (unpaired) electrons. The number of halogens is 1. The second-order valence-corrected chi connectivity index (χ2v) is 6.87. The van der Waals surface area contributed by atoms with E-state index < -0.39 is 0 Å². The van der Waals surface area contributed by atoms with E-state index in [1.54, 1.807) is 30.6 Å². The number of carbonyl (C=O) groups is 1. The molecule has 1 aliphatic heterocycles. The summed E-state index contributed by atoms with van der Waals surface area (Å²) in [5, 5.41) is 3.34. The van der Waals surface area contributed by atoms with Gasteiger partial charge < -0.3 is 15.2 Å². The lowest BCUT2D eigenvalue weighted by Gasteiger charge is -2.34. The van der Waals surface area contributed by atoms with Crippen LogP contribution in [0.1, 0.15) is 16.9 Å². The Kier molecular flexibility index (Phi) is 5.48. The predicted molar refractivity (Wildman–Crippen MR) is 106 cm³/mol. The lowest BCUT2D eigenvalue weighted by Crippen LogP contribution is -2.47. The number of fused-ring (bicyclic) bond motifs is 1. The van der Waals surface area contributed by atoms with Gasteiger partial charge in [0.15, 0.2) is 0 Å². The molecular formula is C20H23FN6O. The van der Waals surface area contributed by atoms with Gasteiger partial charge in [-0.05, 0) is 37.2 Å².